The van der Waals surface area contributed by atoms with E-state index in [1.807, 2.05) is 243 Å². The Morgan fingerprint density at radius 2 is 0.547 bits per heavy atom. The molecule has 0 aliphatic carbocycles. The molecule has 16 heteroatoms. The average Bonchev–Trinajstić information content (AvgIpc) is 3.76. The van der Waals surface area contributed by atoms with E-state index in [1.165, 1.54) is 22.7 Å². The van der Waals surface area contributed by atoms with Gasteiger partial charge in [0.1, 0.15) is 49.8 Å². The first-order valence-corrected chi connectivity index (χ1v) is 29.4. The van der Waals surface area contributed by atoms with Crippen molar-refractivity contribution in [2.45, 2.75) is 89.5 Å². The second-order valence-electron chi connectivity index (χ2n) is 19.7. The van der Waals surface area contributed by atoms with Crippen LogP contribution in [0.25, 0.3) is 0 Å². The first kappa shape index (κ1) is 63.6. The molecule has 8 rings (SSSR count). The molecule has 0 fully saturated rings. The van der Waals surface area contributed by atoms with Crippen molar-refractivity contribution in [2.75, 3.05) is 13.1 Å². The molecule has 8 aromatic rings. The zero-order chi connectivity index (χ0) is 59.5. The number of hydrogen-bond donors (Lipinski definition) is 0. The first-order chi connectivity index (χ1) is 42.5. The molecule has 15 nitrogen and oxygen atoms in total. The normalized spacial score (nSPS) is 13.5. The van der Waals surface area contributed by atoms with Crippen molar-refractivity contribution in [1.82, 2.24) is 10.1 Å². The third-order valence-electron chi connectivity index (χ3n) is 13.4. The van der Waals surface area contributed by atoms with Crippen molar-refractivity contribution in [1.29, 1.82) is 0 Å². The van der Waals surface area contributed by atoms with Gasteiger partial charge in [0.05, 0.1) is 52.7 Å². The number of ether oxygens (including phenoxy) is 6. The number of rotatable bonds is 40. The summed E-state index contributed by atoms with van der Waals surface area (Å²) >= 11 is 0. The van der Waals surface area contributed by atoms with Crippen LogP contribution < -0.4 is 0 Å². The van der Waals surface area contributed by atoms with Crippen molar-refractivity contribution in [3.05, 3.63) is 312 Å². The maximum Gasteiger partial charge on any atom is 0.804 e. The van der Waals surface area contributed by atoms with Crippen LogP contribution in [0.15, 0.2) is 267 Å². The van der Waals surface area contributed by atoms with Gasteiger partial charge in [0.2, 0.25) is 12.8 Å². The summed E-state index contributed by atoms with van der Waals surface area (Å²) in [6, 6.07) is 76.9. The fourth-order valence-corrected chi connectivity index (χ4v) is 9.28. The largest absolute Gasteiger partial charge is 0.804 e. The Balaban J connectivity index is 1.07. The van der Waals surface area contributed by atoms with Crippen molar-refractivity contribution in [3.63, 3.8) is 0 Å². The van der Waals surface area contributed by atoms with Gasteiger partial charge in [0.15, 0.2) is 12.5 Å². The number of amides is 2. The lowest BCUT2D eigenvalue weighted by Gasteiger charge is -2.34. The molecule has 0 aliphatic heterocycles. The molecule has 0 aliphatic rings. The molecule has 0 bridgehead atoms. The van der Waals surface area contributed by atoms with Crippen LogP contribution in [0.5, 0.6) is 0 Å². The van der Waals surface area contributed by atoms with Gasteiger partial charge >= 0.3 is 8.25 Å². The van der Waals surface area contributed by atoms with Gasteiger partial charge in [-0.15, -0.1) is 0 Å². The Morgan fingerprint density at radius 1 is 0.314 bits per heavy atom. The number of hydrogen-bond acceptors (Lipinski definition) is 13. The second-order valence-corrected chi connectivity index (χ2v) is 20.6. The molecule has 0 aromatic heterocycles. The monoisotopic (exact) mass is 1180 g/mol. The van der Waals surface area contributed by atoms with E-state index < -0.39 is 44.9 Å². The van der Waals surface area contributed by atoms with Crippen LogP contribution in [0.4, 0.5) is 0 Å². The van der Waals surface area contributed by atoms with Crippen molar-refractivity contribution >= 4 is 21.1 Å². The molecule has 6 atom stereocenters. The Hall–Kier alpha value is -8.44. The predicted octanol–water partition coefficient (Wildman–Crippen LogP) is 13.4. The molecule has 0 spiro atoms. The van der Waals surface area contributed by atoms with Crippen molar-refractivity contribution in [3.8, 4) is 0 Å². The Bertz CT molecular complexity index is 2960. The highest BCUT2D eigenvalue weighted by molar-refractivity contribution is 7.33. The molecule has 0 saturated heterocycles. The lowest BCUT2D eigenvalue weighted by molar-refractivity contribution is -0.205. The minimum absolute atomic E-state index is 0.0692. The second kappa shape index (κ2) is 37.1. The quantitative estimate of drug-likeness (QED) is 0.0155. The highest BCUT2D eigenvalue weighted by Gasteiger charge is 2.36. The summed E-state index contributed by atoms with van der Waals surface area (Å²) in [6.07, 6.45) is 1.35. The summed E-state index contributed by atoms with van der Waals surface area (Å²) in [5, 5.41) is 2.38. The third-order valence-corrected chi connectivity index (χ3v) is 14.0. The molecule has 0 radical (unpaired) electrons. The standard InChI is InChI=1S/C70H72N2O13P/c73-55-71(82-53-63-37-21-7-22-38-63)45-67(78-49-59-29-13-3-14-30-59)69(80-51-61-33-17-5-18-34-61)65(76-47-57-25-9-1-10-26-57)41-43-84-86(75)85-44-42-66(77-48-58-27-11-2-12-28-58)70(81-52-62-35-19-6-20-36-62)68(79-50-60-31-15-4-16-32-60)46-72(56-74)83-54-64-39-23-8-24-40-64/h1-44,55-56,65-70H,45-54H2/q+1/b43-41+,44-42+/t65-,66-,67-,68-,69+,70+/m1/s1. The molecular formula is C70H72N2O13P+. The Kier molecular flexibility index (Phi) is 27.4. The molecule has 0 saturated carbocycles. The van der Waals surface area contributed by atoms with Crippen LogP contribution in [0, 0.1) is 0 Å². The van der Waals surface area contributed by atoms with Gasteiger partial charge in [0.25, 0.3) is 0 Å². The molecule has 0 unspecified atom stereocenters. The van der Waals surface area contributed by atoms with Gasteiger partial charge in [-0.1, -0.05) is 243 Å². The summed E-state index contributed by atoms with van der Waals surface area (Å²) in [7, 11) is -2.89. The van der Waals surface area contributed by atoms with Gasteiger partial charge in [0, 0.05) is 4.57 Å². The summed E-state index contributed by atoms with van der Waals surface area (Å²) in [4.78, 5) is 37.8. The molecular weight excluding hydrogens is 1110 g/mol. The van der Waals surface area contributed by atoms with Gasteiger partial charge in [-0.3, -0.25) is 19.3 Å². The van der Waals surface area contributed by atoms with E-state index >= 15 is 0 Å². The number of nitrogens with zero attached hydrogens (tertiary/aromatic N) is 2. The third kappa shape index (κ3) is 22.9. The van der Waals surface area contributed by atoms with E-state index in [2.05, 4.69) is 0 Å². The van der Waals surface area contributed by atoms with E-state index in [0.29, 0.717) is 12.8 Å². The maximum atomic E-state index is 13.9. The van der Waals surface area contributed by atoms with Gasteiger partial charge in [-0.25, -0.2) is 19.2 Å². The molecule has 86 heavy (non-hydrogen) atoms. The number of carbonyl (C=O) groups excluding carboxylic acids is 2. The zero-order valence-electron chi connectivity index (χ0n) is 47.7. The highest BCUT2D eigenvalue weighted by Crippen LogP contribution is 2.28. The van der Waals surface area contributed by atoms with Crippen LogP contribution in [0.1, 0.15) is 44.5 Å². The Morgan fingerprint density at radius 3 is 0.802 bits per heavy atom. The maximum absolute atomic E-state index is 13.9. The molecule has 2 amide bonds. The summed E-state index contributed by atoms with van der Waals surface area (Å²) in [6.45, 7) is 0.972. The van der Waals surface area contributed by atoms with Crippen LogP contribution in [0.3, 0.4) is 0 Å². The smallest absolute Gasteiger partial charge is 0.369 e. The van der Waals surface area contributed by atoms with E-state index in [0.717, 1.165) is 44.5 Å². The summed E-state index contributed by atoms with van der Waals surface area (Å²) in [5.41, 5.74) is 7.00. The van der Waals surface area contributed by atoms with Gasteiger partial charge in [-0.2, -0.15) is 0 Å². The van der Waals surface area contributed by atoms with E-state index in [-0.39, 0.29) is 65.9 Å². The molecule has 444 valence electrons. The number of benzene rings is 8. The molecule has 0 heterocycles. The zero-order valence-corrected chi connectivity index (χ0v) is 48.6. The van der Waals surface area contributed by atoms with Crippen LogP contribution in [-0.2, 0) is 114 Å². The summed E-state index contributed by atoms with van der Waals surface area (Å²) in [5.74, 6) is 0. The van der Waals surface area contributed by atoms with Crippen LogP contribution in [0.2, 0.25) is 0 Å². The Labute approximate surface area is 504 Å². The number of hydroxylamine groups is 4. The minimum Gasteiger partial charge on any atom is -0.369 e. The lowest BCUT2D eigenvalue weighted by atomic mass is 10.1. The first-order valence-electron chi connectivity index (χ1n) is 28.3. The van der Waals surface area contributed by atoms with E-state index in [4.69, 9.17) is 47.1 Å². The highest BCUT2D eigenvalue weighted by atomic mass is 31.1. The predicted molar refractivity (Wildman–Crippen MR) is 326 cm³/mol. The van der Waals surface area contributed by atoms with Crippen molar-refractivity contribution < 1.29 is 61.3 Å². The SMILES string of the molecule is O=CN(C[C@@H](OCc1ccccc1)[C@@H](OCc1ccccc1)[C@@H](/C=C/O[P+](=O)O/C=C/[C@@H](OCc1ccccc1)[C@H](OCc1ccccc1)[C@@H](CN(C=O)OCc1ccccc1)OCc1ccccc1)OCc1ccccc1)OCc1ccccc1. The van der Waals surface area contributed by atoms with Crippen LogP contribution >= 0.6 is 8.25 Å². The fourth-order valence-electron chi connectivity index (χ4n) is 8.89. The summed E-state index contributed by atoms with van der Waals surface area (Å²) < 4.78 is 66.0. The molecule has 0 N–H and O–H groups in total. The minimum atomic E-state index is -2.89. The lowest BCUT2D eigenvalue weighted by Crippen LogP contribution is -2.47. The average molecular weight is 1180 g/mol. The fraction of sp³-hybridized carbons (Fsp3) is 0.229. The van der Waals surface area contributed by atoms with Gasteiger partial charge < -0.3 is 28.4 Å². The van der Waals surface area contributed by atoms with E-state index in [9.17, 15) is 14.2 Å². The molecule has 8 aromatic carbocycles. The van der Waals surface area contributed by atoms with Gasteiger partial charge in [-0.05, 0) is 56.7 Å². The van der Waals surface area contributed by atoms with Crippen molar-refractivity contribution in [2.24, 2.45) is 0 Å². The topological polar surface area (TPSA) is 150 Å². The number of carbonyl (C=O) groups is 2. The van der Waals surface area contributed by atoms with E-state index in [1.54, 1.807) is 12.2 Å². The van der Waals surface area contributed by atoms with Crippen LogP contribution in [-0.4, -0.2) is 72.7 Å².